The molecule has 4 aromatic carbocycles. The molecule has 0 unspecified atom stereocenters. The fourth-order valence-corrected chi connectivity index (χ4v) is 6.05. The van der Waals surface area contributed by atoms with E-state index in [0.717, 1.165) is 33.4 Å². The van der Waals surface area contributed by atoms with E-state index in [2.05, 4.69) is 0 Å². The number of phosphoric acid groups is 1. The molecule has 46 heavy (non-hydrogen) atoms. The summed E-state index contributed by atoms with van der Waals surface area (Å²) in [6.45, 7) is 3.16. The maximum absolute atomic E-state index is 14.1. The van der Waals surface area contributed by atoms with Crippen LogP contribution in [0, 0.1) is 13.8 Å². The van der Waals surface area contributed by atoms with Crippen LogP contribution in [0.3, 0.4) is 0 Å². The Morgan fingerprint density at radius 3 is 1.67 bits per heavy atom. The molecule has 0 aromatic heterocycles. The lowest BCUT2D eigenvalue weighted by Crippen LogP contribution is -2.35. The second kappa shape index (κ2) is 15.9. The van der Waals surface area contributed by atoms with Crippen LogP contribution in [0.4, 0.5) is 0 Å². The smallest absolute Gasteiger partial charge is 0.475 e. The van der Waals surface area contributed by atoms with Crippen LogP contribution in [-0.2, 0) is 63.6 Å². The number of hydrogen-bond acceptors (Lipinski definition) is 9. The molecule has 0 fully saturated rings. The number of carbonyl (C=O) groups excluding carboxylic acids is 1. The van der Waals surface area contributed by atoms with Crippen molar-refractivity contribution >= 4 is 13.8 Å². The minimum atomic E-state index is -4.37. The number of cyclic esters (lactones) is 1. The summed E-state index contributed by atoms with van der Waals surface area (Å²) in [5, 5.41) is 10.5. The Bertz CT molecular complexity index is 1630. The maximum Gasteiger partial charge on any atom is 0.475 e. The Labute approximate surface area is 268 Å². The highest BCUT2D eigenvalue weighted by atomic mass is 31.2. The number of ether oxygens (including phenoxy) is 3. The van der Waals surface area contributed by atoms with Crippen LogP contribution in [0.15, 0.2) is 121 Å². The second-order valence-electron chi connectivity index (χ2n) is 10.7. The molecule has 0 radical (unpaired) electrons. The van der Waals surface area contributed by atoms with Gasteiger partial charge in [0.2, 0.25) is 5.76 Å². The summed E-state index contributed by atoms with van der Waals surface area (Å²) in [5.74, 6) is -0.946. The van der Waals surface area contributed by atoms with Gasteiger partial charge in [0.05, 0.1) is 19.8 Å². The normalized spacial score (nSPS) is 15.5. The molecule has 0 aliphatic carbocycles. The predicted octanol–water partition coefficient (Wildman–Crippen LogP) is 7.09. The molecule has 5 rings (SSSR count). The number of carbonyl (C=O) groups is 1. The molecule has 1 heterocycles. The number of rotatable bonds is 16. The average Bonchev–Trinajstić information content (AvgIpc) is 3.40. The number of aryl methyl sites for hydroxylation is 2. The lowest BCUT2D eigenvalue weighted by atomic mass is 10.1. The van der Waals surface area contributed by atoms with Crippen molar-refractivity contribution in [3.63, 3.8) is 0 Å². The molecule has 2 atom stereocenters. The van der Waals surface area contributed by atoms with Gasteiger partial charge in [-0.05, 0) is 47.2 Å². The average molecular weight is 645 g/mol. The molecule has 0 amide bonds. The number of phosphoric ester groups is 1. The van der Waals surface area contributed by atoms with Crippen LogP contribution in [0.25, 0.3) is 0 Å². The number of hydrogen-bond donors (Lipinski definition) is 1. The highest BCUT2D eigenvalue weighted by Crippen LogP contribution is 2.53. The molecule has 0 saturated heterocycles. The Balaban J connectivity index is 1.42. The highest BCUT2D eigenvalue weighted by Gasteiger charge is 2.46. The van der Waals surface area contributed by atoms with E-state index >= 15 is 0 Å². The van der Waals surface area contributed by atoms with Crippen molar-refractivity contribution in [2.45, 2.75) is 52.5 Å². The molecule has 9 nitrogen and oxygen atoms in total. The Hall–Kier alpha value is -4.24. The lowest BCUT2D eigenvalue weighted by Gasteiger charge is -2.27. The van der Waals surface area contributed by atoms with Gasteiger partial charge in [-0.25, -0.2) is 9.36 Å². The minimum Gasteiger partial charge on any atom is -0.485 e. The highest BCUT2D eigenvalue weighted by molar-refractivity contribution is 7.48. The third kappa shape index (κ3) is 8.72. The summed E-state index contributed by atoms with van der Waals surface area (Å²) < 4.78 is 49.4. The SMILES string of the molecule is Cc1ccccc1COC1=C(OCc2ccccc2C)[C@@H]([C@H](CO)OP(=O)(OCc2ccccc2)OCc2ccccc2)OC1=O. The molecular formula is C36H37O9P. The summed E-state index contributed by atoms with van der Waals surface area (Å²) in [4.78, 5) is 13.2. The third-order valence-electron chi connectivity index (χ3n) is 7.43. The van der Waals surface area contributed by atoms with Crippen LogP contribution in [0.1, 0.15) is 33.4 Å². The second-order valence-corrected chi connectivity index (χ2v) is 12.4. The summed E-state index contributed by atoms with van der Waals surface area (Å²) >= 11 is 0. The summed E-state index contributed by atoms with van der Waals surface area (Å²) in [6.07, 6.45) is -2.69. The van der Waals surface area contributed by atoms with E-state index in [9.17, 15) is 14.5 Å². The molecule has 1 aliphatic heterocycles. The van der Waals surface area contributed by atoms with Crippen LogP contribution < -0.4 is 0 Å². The van der Waals surface area contributed by atoms with Gasteiger partial charge < -0.3 is 19.3 Å². The van der Waals surface area contributed by atoms with Crippen molar-refractivity contribution in [2.24, 2.45) is 0 Å². The Morgan fingerprint density at radius 1 is 0.696 bits per heavy atom. The lowest BCUT2D eigenvalue weighted by molar-refractivity contribution is -0.148. The van der Waals surface area contributed by atoms with Crippen LogP contribution in [0.2, 0.25) is 0 Å². The van der Waals surface area contributed by atoms with Crippen molar-refractivity contribution in [1.82, 2.24) is 0 Å². The fraction of sp³-hybridized carbons (Fsp3) is 0.250. The van der Waals surface area contributed by atoms with Gasteiger partial charge >= 0.3 is 13.8 Å². The first kappa shape index (κ1) is 33.1. The van der Waals surface area contributed by atoms with Gasteiger partial charge in [-0.1, -0.05) is 109 Å². The molecule has 4 aromatic rings. The molecule has 1 aliphatic rings. The zero-order valence-electron chi connectivity index (χ0n) is 25.7. The van der Waals surface area contributed by atoms with Gasteiger partial charge in [0.15, 0.2) is 11.9 Å². The number of benzene rings is 4. The molecule has 10 heteroatoms. The predicted molar refractivity (Wildman–Crippen MR) is 171 cm³/mol. The number of aliphatic hydroxyl groups excluding tert-OH is 1. The molecule has 0 bridgehead atoms. The zero-order valence-corrected chi connectivity index (χ0v) is 26.6. The molecule has 240 valence electrons. The van der Waals surface area contributed by atoms with Crippen molar-refractivity contribution in [3.05, 3.63) is 154 Å². The first-order chi connectivity index (χ1) is 22.3. The van der Waals surface area contributed by atoms with Crippen molar-refractivity contribution in [3.8, 4) is 0 Å². The van der Waals surface area contributed by atoms with E-state index in [0.29, 0.717) is 0 Å². The topological polar surface area (TPSA) is 110 Å². The van der Waals surface area contributed by atoms with E-state index in [-0.39, 0.29) is 37.9 Å². The Kier molecular flexibility index (Phi) is 11.4. The maximum atomic E-state index is 14.1. The monoisotopic (exact) mass is 644 g/mol. The summed E-state index contributed by atoms with van der Waals surface area (Å²) in [5.41, 5.74) is 5.17. The fourth-order valence-electron chi connectivity index (χ4n) is 4.73. The quantitative estimate of drug-likeness (QED) is 0.101. The Morgan fingerprint density at radius 2 is 1.17 bits per heavy atom. The summed E-state index contributed by atoms with van der Waals surface area (Å²) in [6, 6.07) is 33.5. The van der Waals surface area contributed by atoms with E-state index in [4.69, 9.17) is 27.8 Å². The third-order valence-corrected chi connectivity index (χ3v) is 8.85. The van der Waals surface area contributed by atoms with Crippen LogP contribution >= 0.6 is 7.82 Å². The summed E-state index contributed by atoms with van der Waals surface area (Å²) in [7, 11) is -4.37. The van der Waals surface area contributed by atoms with Gasteiger partial charge in [0.1, 0.15) is 19.3 Å². The molecule has 0 saturated carbocycles. The molecule has 1 N–H and O–H groups in total. The molecule has 0 spiro atoms. The van der Waals surface area contributed by atoms with E-state index in [1.165, 1.54) is 0 Å². The standard InChI is InChI=1S/C36H37O9P/c1-26-13-9-11-19-30(26)24-40-34-33(44-36(38)35(34)41-25-31-20-12-10-14-27(31)2)32(21-37)45-46(39,42-22-28-15-5-3-6-16-28)43-23-29-17-7-4-8-18-29/h3-20,32-33,37H,21-25H2,1-2H3/t32-,33+/m0/s1. The van der Waals surface area contributed by atoms with Crippen molar-refractivity contribution in [2.75, 3.05) is 6.61 Å². The van der Waals surface area contributed by atoms with Crippen molar-refractivity contribution in [1.29, 1.82) is 0 Å². The van der Waals surface area contributed by atoms with E-state index < -0.39 is 32.6 Å². The first-order valence-corrected chi connectivity index (χ1v) is 16.4. The van der Waals surface area contributed by atoms with Gasteiger partial charge in [-0.15, -0.1) is 0 Å². The van der Waals surface area contributed by atoms with Gasteiger partial charge in [-0.2, -0.15) is 0 Å². The van der Waals surface area contributed by atoms with Crippen molar-refractivity contribution < 1.29 is 42.2 Å². The number of esters is 1. The van der Waals surface area contributed by atoms with E-state index in [1.54, 1.807) is 0 Å². The minimum absolute atomic E-state index is 0.0126. The first-order valence-electron chi connectivity index (χ1n) is 14.9. The largest absolute Gasteiger partial charge is 0.485 e. The van der Waals surface area contributed by atoms with Crippen LogP contribution in [-0.4, -0.2) is 29.9 Å². The van der Waals surface area contributed by atoms with Crippen LogP contribution in [0.5, 0.6) is 0 Å². The van der Waals surface area contributed by atoms with E-state index in [1.807, 2.05) is 123 Å². The van der Waals surface area contributed by atoms with Gasteiger partial charge in [-0.3, -0.25) is 13.6 Å². The number of aliphatic hydroxyl groups is 1. The van der Waals surface area contributed by atoms with Gasteiger partial charge in [0.25, 0.3) is 0 Å². The zero-order chi connectivity index (χ0) is 32.4. The van der Waals surface area contributed by atoms with Gasteiger partial charge in [0, 0.05) is 0 Å². The molecular weight excluding hydrogens is 607 g/mol.